The van der Waals surface area contributed by atoms with Crippen LogP contribution < -0.4 is 0 Å². The average molecular weight is 284 g/mol. The van der Waals surface area contributed by atoms with Crippen molar-refractivity contribution in [3.8, 4) is 0 Å². The van der Waals surface area contributed by atoms with Gasteiger partial charge in [-0.25, -0.2) is 9.07 Å². The number of alkyl halides is 1. The van der Waals surface area contributed by atoms with Crippen molar-refractivity contribution in [2.24, 2.45) is 5.11 Å². The van der Waals surface area contributed by atoms with Crippen LogP contribution in [0.1, 0.15) is 30.7 Å². The van der Waals surface area contributed by atoms with Crippen LogP contribution in [0.5, 0.6) is 0 Å². The Bertz CT molecular complexity index is 557. The van der Waals surface area contributed by atoms with Crippen molar-refractivity contribution < 1.29 is 19.3 Å². The first kappa shape index (κ1) is 13.3. The van der Waals surface area contributed by atoms with Crippen molar-refractivity contribution in [1.29, 1.82) is 0 Å². The van der Waals surface area contributed by atoms with Gasteiger partial charge in [0.2, 0.25) is 5.72 Å². The first-order chi connectivity index (χ1) is 9.61. The quantitative estimate of drug-likeness (QED) is 0.469. The summed E-state index contributed by atoms with van der Waals surface area (Å²) in [6.45, 7) is -0.834. The van der Waals surface area contributed by atoms with E-state index in [1.54, 1.807) is 6.20 Å². The maximum absolute atomic E-state index is 14.1. The molecule has 3 rings (SSSR count). The molecule has 1 saturated heterocycles. The minimum absolute atomic E-state index is 0.341. The van der Waals surface area contributed by atoms with Gasteiger partial charge in [-0.3, -0.25) is 0 Å². The van der Waals surface area contributed by atoms with Gasteiger partial charge in [0.25, 0.3) is 0 Å². The van der Waals surface area contributed by atoms with Gasteiger partial charge in [-0.05, 0) is 18.4 Å². The number of aliphatic hydroxyl groups is 2. The van der Waals surface area contributed by atoms with Crippen LogP contribution in [0.4, 0.5) is 4.39 Å². The second-order valence-electron chi connectivity index (χ2n) is 4.99. The fraction of sp³-hybridized carbons (Fsp3) is 0.800. The summed E-state index contributed by atoms with van der Waals surface area (Å²) in [6.07, 6.45) is -1.37. The van der Waals surface area contributed by atoms with E-state index in [9.17, 15) is 14.6 Å². The zero-order chi connectivity index (χ0) is 14.3. The van der Waals surface area contributed by atoms with E-state index in [0.717, 1.165) is 23.2 Å². The van der Waals surface area contributed by atoms with Gasteiger partial charge in [0.15, 0.2) is 12.4 Å². The molecule has 1 aromatic rings. The summed E-state index contributed by atoms with van der Waals surface area (Å²) < 4.78 is 20.5. The van der Waals surface area contributed by atoms with Crippen LogP contribution in [0.3, 0.4) is 0 Å². The topological polar surface area (TPSA) is 129 Å². The molecule has 2 heterocycles. The van der Waals surface area contributed by atoms with Crippen LogP contribution in [0.15, 0.2) is 11.3 Å². The molecule has 108 valence electrons. The Morgan fingerprint density at radius 3 is 3.00 bits per heavy atom. The number of azide groups is 1. The van der Waals surface area contributed by atoms with Crippen molar-refractivity contribution in [1.82, 2.24) is 15.0 Å². The highest BCUT2D eigenvalue weighted by Gasteiger charge is 2.56. The number of aliphatic hydroxyl groups excluding tert-OH is 2. The van der Waals surface area contributed by atoms with E-state index in [2.05, 4.69) is 20.3 Å². The van der Waals surface area contributed by atoms with Gasteiger partial charge in [-0.15, -0.1) is 5.10 Å². The van der Waals surface area contributed by atoms with Gasteiger partial charge < -0.3 is 14.9 Å². The minimum Gasteiger partial charge on any atom is -0.393 e. The molecule has 0 amide bonds. The third kappa shape index (κ3) is 1.93. The minimum atomic E-state index is -2.04. The smallest absolute Gasteiger partial charge is 0.201 e. The molecule has 20 heavy (non-hydrogen) atoms. The van der Waals surface area contributed by atoms with E-state index in [0.29, 0.717) is 5.92 Å². The Kier molecular flexibility index (Phi) is 3.09. The monoisotopic (exact) mass is 284 g/mol. The Morgan fingerprint density at radius 1 is 1.65 bits per heavy atom. The van der Waals surface area contributed by atoms with Crippen LogP contribution in [0.25, 0.3) is 10.4 Å². The summed E-state index contributed by atoms with van der Waals surface area (Å²) in [5, 5.41) is 29.9. The summed E-state index contributed by atoms with van der Waals surface area (Å²) >= 11 is 0. The molecule has 4 atom stereocenters. The number of halogens is 1. The van der Waals surface area contributed by atoms with Crippen LogP contribution >= 0.6 is 0 Å². The first-order valence-electron chi connectivity index (χ1n) is 6.20. The van der Waals surface area contributed by atoms with E-state index < -0.39 is 30.8 Å². The zero-order valence-electron chi connectivity index (χ0n) is 10.4. The second-order valence-corrected chi connectivity index (χ2v) is 4.99. The van der Waals surface area contributed by atoms with E-state index in [-0.39, 0.29) is 0 Å². The van der Waals surface area contributed by atoms with Crippen molar-refractivity contribution in [2.75, 3.05) is 6.61 Å². The molecule has 1 aliphatic carbocycles. The summed E-state index contributed by atoms with van der Waals surface area (Å²) in [7, 11) is 0. The lowest BCUT2D eigenvalue weighted by molar-refractivity contribution is -0.126. The van der Waals surface area contributed by atoms with E-state index in [1.807, 2.05) is 0 Å². The maximum atomic E-state index is 14.1. The van der Waals surface area contributed by atoms with E-state index in [1.165, 1.54) is 0 Å². The first-order valence-corrected chi connectivity index (χ1v) is 6.20. The lowest BCUT2D eigenvalue weighted by Crippen LogP contribution is -2.43. The molecule has 1 unspecified atom stereocenters. The standard InChI is InChI=1S/C10H13FN6O3/c11-7-8(19)10(4-18,14-15-12)20-9(7)17-3-6(13-16-17)5-1-2-5/h3,5,7-9,18-19H,1-2,4H2/t7-,8-,9+,10?/m0/s1. The number of hydrogen-bond donors (Lipinski definition) is 2. The van der Waals surface area contributed by atoms with E-state index in [4.69, 9.17) is 10.3 Å². The predicted octanol–water partition coefficient (Wildman–Crippen LogP) is 0.382. The molecular weight excluding hydrogens is 271 g/mol. The highest BCUT2D eigenvalue weighted by molar-refractivity contribution is 5.10. The van der Waals surface area contributed by atoms with Gasteiger partial charge >= 0.3 is 0 Å². The molecular formula is C10H13FN6O3. The molecule has 2 aliphatic rings. The maximum Gasteiger partial charge on any atom is 0.201 e. The Morgan fingerprint density at radius 2 is 2.40 bits per heavy atom. The van der Waals surface area contributed by atoms with Gasteiger partial charge in [0.05, 0.1) is 18.5 Å². The molecule has 0 radical (unpaired) electrons. The second kappa shape index (κ2) is 4.67. The van der Waals surface area contributed by atoms with Gasteiger partial charge in [-0.1, -0.05) is 10.3 Å². The highest BCUT2D eigenvalue weighted by Crippen LogP contribution is 2.42. The molecule has 9 nitrogen and oxygen atoms in total. The highest BCUT2D eigenvalue weighted by atomic mass is 19.1. The molecule has 0 aromatic carbocycles. The van der Waals surface area contributed by atoms with Gasteiger partial charge in [0, 0.05) is 10.8 Å². The van der Waals surface area contributed by atoms with Gasteiger partial charge in [-0.2, -0.15) is 0 Å². The zero-order valence-corrected chi connectivity index (χ0v) is 10.4. The van der Waals surface area contributed by atoms with Crippen molar-refractivity contribution >= 4 is 0 Å². The van der Waals surface area contributed by atoms with Crippen LogP contribution in [0.2, 0.25) is 0 Å². The number of ether oxygens (including phenoxy) is 1. The molecule has 10 heteroatoms. The summed E-state index contributed by atoms with van der Waals surface area (Å²) in [5.41, 5.74) is 7.17. The Labute approximate surface area is 112 Å². The van der Waals surface area contributed by atoms with Crippen LogP contribution in [-0.4, -0.2) is 49.8 Å². The predicted molar refractivity (Wildman–Crippen MR) is 62.0 cm³/mol. The lowest BCUT2D eigenvalue weighted by atomic mass is 10.1. The molecule has 1 aliphatic heterocycles. The third-order valence-corrected chi connectivity index (χ3v) is 3.59. The molecule has 2 N–H and O–H groups in total. The lowest BCUT2D eigenvalue weighted by Gasteiger charge is -2.23. The summed E-state index contributed by atoms with van der Waals surface area (Å²) in [4.78, 5) is 2.49. The van der Waals surface area contributed by atoms with Crippen molar-refractivity contribution in [3.63, 3.8) is 0 Å². The molecule has 0 spiro atoms. The normalized spacial score (nSPS) is 36.9. The number of nitrogens with zero attached hydrogens (tertiary/aromatic N) is 6. The fourth-order valence-corrected chi connectivity index (χ4v) is 2.25. The SMILES string of the molecule is [N-]=[N+]=NC1(CO)O[C@@H](n2cc(C3CC3)nn2)[C@@H](F)[C@@H]1O. The molecule has 2 fully saturated rings. The fourth-order valence-electron chi connectivity index (χ4n) is 2.25. The number of rotatable bonds is 4. The van der Waals surface area contributed by atoms with Crippen molar-refractivity contribution in [3.05, 3.63) is 22.3 Å². The summed E-state index contributed by atoms with van der Waals surface area (Å²) in [6, 6.07) is 0. The van der Waals surface area contributed by atoms with Crippen LogP contribution in [-0.2, 0) is 4.74 Å². The van der Waals surface area contributed by atoms with E-state index >= 15 is 0 Å². The van der Waals surface area contributed by atoms with Crippen molar-refractivity contribution in [2.45, 2.75) is 43.0 Å². The van der Waals surface area contributed by atoms with Gasteiger partial charge in [0.1, 0.15) is 6.10 Å². The number of hydrogen-bond acceptors (Lipinski definition) is 6. The Balaban J connectivity index is 1.88. The molecule has 1 aromatic heterocycles. The largest absolute Gasteiger partial charge is 0.393 e. The Hall–Kier alpha value is -1.74. The van der Waals surface area contributed by atoms with Crippen LogP contribution in [0, 0.1) is 0 Å². The third-order valence-electron chi connectivity index (χ3n) is 3.59. The number of aromatic nitrogens is 3. The molecule has 1 saturated carbocycles. The summed E-state index contributed by atoms with van der Waals surface area (Å²) in [5.74, 6) is 0.341. The average Bonchev–Trinajstić information content (AvgIpc) is 3.14. The molecule has 0 bridgehead atoms.